The van der Waals surface area contributed by atoms with Gasteiger partial charge in [0, 0.05) is 11.1 Å². The SMILES string of the molecule is COC(=O)C1=C(C(=O)OC)N(c2cc(Cl)c(C)cc2[N+](=O)[O-])COC1. The van der Waals surface area contributed by atoms with Gasteiger partial charge in [0.15, 0.2) is 0 Å². The Morgan fingerprint density at radius 2 is 1.92 bits per heavy atom. The molecule has 0 saturated heterocycles. The van der Waals surface area contributed by atoms with Crippen LogP contribution in [0.2, 0.25) is 5.02 Å². The minimum absolute atomic E-state index is 0.00195. The Labute approximate surface area is 147 Å². The summed E-state index contributed by atoms with van der Waals surface area (Å²) >= 11 is 6.08. The molecule has 2 rings (SSSR count). The second kappa shape index (κ2) is 7.49. The highest BCUT2D eigenvalue weighted by molar-refractivity contribution is 6.31. The lowest BCUT2D eigenvalue weighted by Gasteiger charge is -2.31. The quantitative estimate of drug-likeness (QED) is 0.449. The van der Waals surface area contributed by atoms with Crippen LogP contribution in [-0.4, -0.2) is 44.4 Å². The first-order valence-electron chi connectivity index (χ1n) is 7.01. The molecule has 0 fully saturated rings. The van der Waals surface area contributed by atoms with Gasteiger partial charge in [-0.15, -0.1) is 0 Å². The normalized spacial score (nSPS) is 14.3. The Hall–Kier alpha value is -2.65. The van der Waals surface area contributed by atoms with Crippen LogP contribution in [0.1, 0.15) is 5.56 Å². The minimum Gasteiger partial charge on any atom is -0.466 e. The van der Waals surface area contributed by atoms with Crippen LogP contribution in [0.3, 0.4) is 0 Å². The third-order valence-electron chi connectivity index (χ3n) is 3.58. The zero-order chi connectivity index (χ0) is 18.7. The summed E-state index contributed by atoms with van der Waals surface area (Å²) in [6, 6.07) is 2.61. The summed E-state index contributed by atoms with van der Waals surface area (Å²) in [6.45, 7) is 1.22. The molecule has 0 amide bonds. The van der Waals surface area contributed by atoms with E-state index in [1.54, 1.807) is 6.92 Å². The van der Waals surface area contributed by atoms with Gasteiger partial charge in [-0.2, -0.15) is 0 Å². The smallest absolute Gasteiger partial charge is 0.355 e. The summed E-state index contributed by atoms with van der Waals surface area (Å²) in [7, 11) is 2.28. The number of nitro groups is 1. The van der Waals surface area contributed by atoms with Crippen molar-refractivity contribution in [3.63, 3.8) is 0 Å². The van der Waals surface area contributed by atoms with Crippen molar-refractivity contribution in [2.24, 2.45) is 0 Å². The number of aryl methyl sites for hydroxylation is 1. The zero-order valence-electron chi connectivity index (χ0n) is 13.7. The van der Waals surface area contributed by atoms with E-state index in [1.807, 2.05) is 0 Å². The average molecular weight is 371 g/mol. The number of benzene rings is 1. The monoisotopic (exact) mass is 370 g/mol. The highest BCUT2D eigenvalue weighted by atomic mass is 35.5. The number of halogens is 1. The van der Waals surface area contributed by atoms with E-state index in [9.17, 15) is 19.7 Å². The summed E-state index contributed by atoms with van der Waals surface area (Å²) in [5.74, 6) is -1.65. The molecule has 0 aromatic heterocycles. The highest BCUT2D eigenvalue weighted by Gasteiger charge is 2.35. The maximum Gasteiger partial charge on any atom is 0.355 e. The van der Waals surface area contributed by atoms with Gasteiger partial charge < -0.3 is 19.1 Å². The number of anilines is 1. The third kappa shape index (κ3) is 3.57. The Kier molecular flexibility index (Phi) is 5.60. The minimum atomic E-state index is -0.852. The molecule has 134 valence electrons. The molecule has 9 nitrogen and oxygen atoms in total. The summed E-state index contributed by atoms with van der Waals surface area (Å²) in [4.78, 5) is 36.2. The average Bonchev–Trinajstić information content (AvgIpc) is 2.61. The van der Waals surface area contributed by atoms with E-state index in [-0.39, 0.29) is 41.0 Å². The molecule has 1 aliphatic rings. The molecule has 1 aromatic rings. The van der Waals surface area contributed by atoms with E-state index in [0.29, 0.717) is 5.56 Å². The van der Waals surface area contributed by atoms with Crippen molar-refractivity contribution >= 4 is 34.9 Å². The van der Waals surface area contributed by atoms with Crippen molar-refractivity contribution in [3.05, 3.63) is 44.1 Å². The van der Waals surface area contributed by atoms with Crippen LogP contribution < -0.4 is 4.90 Å². The van der Waals surface area contributed by atoms with Gasteiger partial charge in [-0.3, -0.25) is 10.1 Å². The van der Waals surface area contributed by atoms with Gasteiger partial charge in [0.05, 0.1) is 31.3 Å². The van der Waals surface area contributed by atoms with Crippen LogP contribution in [0.15, 0.2) is 23.4 Å². The van der Waals surface area contributed by atoms with E-state index < -0.39 is 16.9 Å². The van der Waals surface area contributed by atoms with Crippen molar-refractivity contribution in [2.45, 2.75) is 6.92 Å². The lowest BCUT2D eigenvalue weighted by molar-refractivity contribution is -0.384. The van der Waals surface area contributed by atoms with Gasteiger partial charge in [-0.25, -0.2) is 9.59 Å². The number of carbonyl (C=O) groups excluding carboxylic acids is 2. The molecule has 0 bridgehead atoms. The van der Waals surface area contributed by atoms with Crippen LogP contribution in [0.4, 0.5) is 11.4 Å². The molecule has 1 heterocycles. The fraction of sp³-hybridized carbons (Fsp3) is 0.333. The number of hydrogen-bond donors (Lipinski definition) is 0. The topological polar surface area (TPSA) is 108 Å². The van der Waals surface area contributed by atoms with Crippen LogP contribution in [0.5, 0.6) is 0 Å². The maximum absolute atomic E-state index is 12.2. The van der Waals surface area contributed by atoms with Crippen molar-refractivity contribution < 1.29 is 28.7 Å². The number of nitrogens with zero attached hydrogens (tertiary/aromatic N) is 2. The summed E-state index contributed by atoms with van der Waals surface area (Å²) in [5.41, 5.74) is -0.0952. The number of ether oxygens (including phenoxy) is 3. The van der Waals surface area contributed by atoms with Gasteiger partial charge in [0.1, 0.15) is 18.1 Å². The van der Waals surface area contributed by atoms with E-state index in [1.165, 1.54) is 17.0 Å². The Balaban J connectivity index is 2.72. The maximum atomic E-state index is 12.2. The largest absolute Gasteiger partial charge is 0.466 e. The Morgan fingerprint density at radius 3 is 2.48 bits per heavy atom. The Morgan fingerprint density at radius 1 is 1.28 bits per heavy atom. The molecule has 1 aliphatic heterocycles. The van der Waals surface area contributed by atoms with Crippen molar-refractivity contribution in [1.29, 1.82) is 0 Å². The van der Waals surface area contributed by atoms with Crippen molar-refractivity contribution in [2.75, 3.05) is 32.5 Å². The predicted octanol–water partition coefficient (Wildman–Crippen LogP) is 1.95. The standard InChI is InChI=1S/C15H15ClN2O7/c1-8-4-12(18(21)22)11(5-10(8)16)17-7-25-6-9(14(19)23-2)13(17)15(20)24-3/h4-5H,6-7H2,1-3H3. The van der Waals surface area contributed by atoms with Crippen molar-refractivity contribution in [3.8, 4) is 0 Å². The number of hydrogen-bond acceptors (Lipinski definition) is 8. The molecule has 0 radical (unpaired) electrons. The molecule has 25 heavy (non-hydrogen) atoms. The number of esters is 2. The summed E-state index contributed by atoms with van der Waals surface area (Å²) in [6.07, 6.45) is 0. The molecule has 0 saturated carbocycles. The number of rotatable bonds is 4. The van der Waals surface area contributed by atoms with Gasteiger partial charge in [-0.05, 0) is 18.6 Å². The van der Waals surface area contributed by atoms with Gasteiger partial charge in [0.2, 0.25) is 0 Å². The van der Waals surface area contributed by atoms with Crippen LogP contribution >= 0.6 is 11.6 Å². The van der Waals surface area contributed by atoms with Gasteiger partial charge in [-0.1, -0.05) is 11.6 Å². The van der Waals surface area contributed by atoms with Crippen LogP contribution in [0.25, 0.3) is 0 Å². The molecular formula is C15H15ClN2O7. The van der Waals surface area contributed by atoms with Gasteiger partial charge >= 0.3 is 11.9 Å². The first kappa shape index (κ1) is 18.7. The molecule has 0 aliphatic carbocycles. The molecule has 10 heteroatoms. The molecule has 0 N–H and O–H groups in total. The molecule has 0 atom stereocenters. The fourth-order valence-corrected chi connectivity index (χ4v) is 2.51. The highest BCUT2D eigenvalue weighted by Crippen LogP contribution is 2.37. The molecule has 1 aromatic carbocycles. The molecule has 0 unspecified atom stereocenters. The van der Waals surface area contributed by atoms with E-state index in [0.717, 1.165) is 14.2 Å². The van der Waals surface area contributed by atoms with Crippen molar-refractivity contribution in [1.82, 2.24) is 0 Å². The second-order valence-electron chi connectivity index (χ2n) is 5.06. The summed E-state index contributed by atoms with van der Waals surface area (Å²) < 4.78 is 14.7. The third-order valence-corrected chi connectivity index (χ3v) is 3.98. The first-order valence-corrected chi connectivity index (χ1v) is 7.39. The van der Waals surface area contributed by atoms with E-state index in [4.69, 9.17) is 21.1 Å². The lowest BCUT2D eigenvalue weighted by Crippen LogP contribution is -2.39. The lowest BCUT2D eigenvalue weighted by atomic mass is 10.1. The van der Waals surface area contributed by atoms with E-state index >= 15 is 0 Å². The fourth-order valence-electron chi connectivity index (χ4n) is 2.35. The second-order valence-corrected chi connectivity index (χ2v) is 5.47. The first-order chi connectivity index (χ1) is 11.8. The molecular weight excluding hydrogens is 356 g/mol. The van der Waals surface area contributed by atoms with Crippen LogP contribution in [-0.2, 0) is 23.8 Å². The number of methoxy groups -OCH3 is 2. The zero-order valence-corrected chi connectivity index (χ0v) is 14.5. The predicted molar refractivity (Wildman–Crippen MR) is 87.2 cm³/mol. The van der Waals surface area contributed by atoms with E-state index in [2.05, 4.69) is 4.74 Å². The number of carbonyl (C=O) groups is 2. The van der Waals surface area contributed by atoms with Gasteiger partial charge in [0.25, 0.3) is 5.69 Å². The summed E-state index contributed by atoms with van der Waals surface area (Å²) in [5, 5.41) is 11.7. The van der Waals surface area contributed by atoms with Crippen LogP contribution in [0, 0.1) is 17.0 Å². The Bertz CT molecular complexity index is 775. The number of nitro benzene ring substituents is 1. The molecule has 0 spiro atoms.